The Balaban J connectivity index is 1.37. The Morgan fingerprint density at radius 1 is 0.958 bits per heavy atom. The highest BCUT2D eigenvalue weighted by molar-refractivity contribution is 5.36. The summed E-state index contributed by atoms with van der Waals surface area (Å²) in [4.78, 5) is 12.8. The van der Waals surface area contributed by atoms with Gasteiger partial charge in [0.15, 0.2) is 5.82 Å². The van der Waals surface area contributed by atoms with Crippen LogP contribution in [0, 0.1) is 0 Å². The van der Waals surface area contributed by atoms with E-state index in [4.69, 9.17) is 0 Å². The zero-order valence-electron chi connectivity index (χ0n) is 13.3. The predicted octanol–water partition coefficient (Wildman–Crippen LogP) is 2.27. The molecule has 0 spiro atoms. The maximum Gasteiger partial charge on any atom is 0.225 e. The maximum absolute atomic E-state index is 4.46. The van der Waals surface area contributed by atoms with Crippen LogP contribution >= 0.6 is 0 Å². The van der Waals surface area contributed by atoms with Gasteiger partial charge in [-0.15, -0.1) is 9.90 Å². The molecule has 1 N–H and O–H groups in total. The molecule has 4 rings (SSSR count). The van der Waals surface area contributed by atoms with Crippen LogP contribution in [0.25, 0.3) is 5.69 Å². The first-order valence-electron chi connectivity index (χ1n) is 8.16. The smallest absolute Gasteiger partial charge is 0.225 e. The van der Waals surface area contributed by atoms with Gasteiger partial charge in [0.05, 0.1) is 11.9 Å². The minimum atomic E-state index is 0.619. The summed E-state index contributed by atoms with van der Waals surface area (Å²) in [5.41, 5.74) is 1.95. The van der Waals surface area contributed by atoms with E-state index < -0.39 is 0 Å². The molecule has 2 aromatic heterocycles. The first-order valence-corrected chi connectivity index (χ1v) is 8.16. The van der Waals surface area contributed by atoms with Crippen molar-refractivity contribution in [2.24, 2.45) is 0 Å². The lowest BCUT2D eigenvalue weighted by Crippen LogP contribution is -2.20. The molecule has 0 atom stereocenters. The summed E-state index contributed by atoms with van der Waals surface area (Å²) < 4.78 is 0. The highest BCUT2D eigenvalue weighted by Gasteiger charge is 2.14. The maximum atomic E-state index is 4.46. The second-order valence-electron chi connectivity index (χ2n) is 5.79. The van der Waals surface area contributed by atoms with Crippen LogP contribution < -0.4 is 10.2 Å². The van der Waals surface area contributed by atoms with Crippen molar-refractivity contribution >= 4 is 11.8 Å². The first-order chi connectivity index (χ1) is 11.9. The topological polar surface area (TPSA) is 71.8 Å². The van der Waals surface area contributed by atoms with E-state index in [1.165, 1.54) is 12.8 Å². The summed E-state index contributed by atoms with van der Waals surface area (Å²) in [6.07, 6.45) is 7.91. The Labute approximate surface area is 140 Å². The molecule has 7 heteroatoms. The van der Waals surface area contributed by atoms with E-state index in [2.05, 4.69) is 30.4 Å². The first kappa shape index (κ1) is 14.6. The van der Waals surface area contributed by atoms with Crippen molar-refractivity contribution in [3.8, 4) is 5.69 Å². The lowest BCUT2D eigenvalue weighted by atomic mass is 10.3. The van der Waals surface area contributed by atoms with E-state index in [1.807, 2.05) is 42.7 Å². The summed E-state index contributed by atoms with van der Waals surface area (Å²) in [6, 6.07) is 9.83. The van der Waals surface area contributed by atoms with Crippen molar-refractivity contribution in [2.75, 3.05) is 23.3 Å². The molecular formula is C17H19N7. The van der Waals surface area contributed by atoms with E-state index in [9.17, 15) is 0 Å². The van der Waals surface area contributed by atoms with E-state index >= 15 is 0 Å². The average Bonchev–Trinajstić information content (AvgIpc) is 3.33. The Kier molecular flexibility index (Phi) is 4.05. The summed E-state index contributed by atoms with van der Waals surface area (Å²) in [5, 5.41) is 11.9. The van der Waals surface area contributed by atoms with Gasteiger partial charge in [-0.2, -0.15) is 5.10 Å². The third kappa shape index (κ3) is 3.19. The number of nitrogens with one attached hydrogen (secondary N) is 1. The molecule has 1 fully saturated rings. The Hall–Kier alpha value is -2.96. The summed E-state index contributed by atoms with van der Waals surface area (Å²) in [7, 11) is 0. The van der Waals surface area contributed by atoms with Gasteiger partial charge in [-0.25, -0.2) is 9.97 Å². The normalized spacial score (nSPS) is 14.1. The van der Waals surface area contributed by atoms with Crippen molar-refractivity contribution < 1.29 is 0 Å². The average molecular weight is 321 g/mol. The van der Waals surface area contributed by atoms with Crippen LogP contribution in [-0.4, -0.2) is 38.1 Å². The molecule has 24 heavy (non-hydrogen) atoms. The standard InChI is InChI=1S/C17H19N7/c1-2-6-15(7-3-1)24-21-13-16(22-24)18-10-14-11-19-17(20-12-14)23-8-4-5-9-23/h1-3,6-7,11-13H,4-5,8-10H2,(H,18,22). The molecule has 0 radical (unpaired) electrons. The molecule has 1 saturated heterocycles. The fraction of sp³-hybridized carbons (Fsp3) is 0.294. The van der Waals surface area contributed by atoms with Crippen LogP contribution in [0.3, 0.4) is 0 Å². The van der Waals surface area contributed by atoms with Gasteiger partial charge in [0, 0.05) is 37.6 Å². The van der Waals surface area contributed by atoms with Gasteiger partial charge in [0.25, 0.3) is 0 Å². The van der Waals surface area contributed by atoms with Crippen LogP contribution in [-0.2, 0) is 6.54 Å². The van der Waals surface area contributed by atoms with Crippen molar-refractivity contribution in [3.63, 3.8) is 0 Å². The van der Waals surface area contributed by atoms with Gasteiger partial charge in [0.1, 0.15) is 0 Å². The number of benzene rings is 1. The summed E-state index contributed by atoms with van der Waals surface area (Å²) >= 11 is 0. The number of nitrogens with zero attached hydrogens (tertiary/aromatic N) is 6. The number of aromatic nitrogens is 5. The van der Waals surface area contributed by atoms with Gasteiger partial charge in [-0.3, -0.25) is 0 Å². The molecule has 3 heterocycles. The fourth-order valence-corrected chi connectivity index (χ4v) is 2.74. The van der Waals surface area contributed by atoms with Crippen molar-refractivity contribution in [1.82, 2.24) is 25.0 Å². The Bertz CT molecular complexity index is 776. The molecule has 7 nitrogen and oxygen atoms in total. The van der Waals surface area contributed by atoms with Crippen molar-refractivity contribution in [1.29, 1.82) is 0 Å². The third-order valence-corrected chi connectivity index (χ3v) is 4.03. The molecule has 0 saturated carbocycles. The molecular weight excluding hydrogens is 302 g/mol. The van der Waals surface area contributed by atoms with Crippen LogP contribution in [0.5, 0.6) is 0 Å². The molecule has 0 unspecified atom stereocenters. The summed E-state index contributed by atoms with van der Waals surface area (Å²) in [5.74, 6) is 1.55. The molecule has 1 aromatic carbocycles. The third-order valence-electron chi connectivity index (χ3n) is 4.03. The Morgan fingerprint density at radius 3 is 2.46 bits per heavy atom. The molecule has 122 valence electrons. The largest absolute Gasteiger partial charge is 0.363 e. The lowest BCUT2D eigenvalue weighted by Gasteiger charge is -2.14. The molecule has 1 aliphatic rings. The second-order valence-corrected chi connectivity index (χ2v) is 5.79. The van der Waals surface area contributed by atoms with Gasteiger partial charge in [0.2, 0.25) is 5.95 Å². The van der Waals surface area contributed by atoms with Crippen LogP contribution in [0.4, 0.5) is 11.8 Å². The number of anilines is 2. The zero-order valence-corrected chi connectivity index (χ0v) is 13.3. The monoisotopic (exact) mass is 321 g/mol. The number of rotatable bonds is 5. The molecule has 0 bridgehead atoms. The van der Waals surface area contributed by atoms with E-state index in [0.29, 0.717) is 6.54 Å². The Morgan fingerprint density at radius 2 is 1.71 bits per heavy atom. The second kappa shape index (κ2) is 6.66. The van der Waals surface area contributed by atoms with Crippen molar-refractivity contribution in [3.05, 3.63) is 54.5 Å². The number of hydrogen-bond acceptors (Lipinski definition) is 6. The molecule has 3 aromatic rings. The highest BCUT2D eigenvalue weighted by atomic mass is 15.5. The zero-order chi connectivity index (χ0) is 16.2. The van der Waals surface area contributed by atoms with Gasteiger partial charge >= 0.3 is 0 Å². The lowest BCUT2D eigenvalue weighted by molar-refractivity contribution is 0.752. The molecule has 0 aliphatic carbocycles. The SMILES string of the molecule is c1ccc(-n2ncc(NCc3cnc(N4CCCC4)nc3)n2)cc1. The van der Waals surface area contributed by atoms with Gasteiger partial charge < -0.3 is 10.2 Å². The fourth-order valence-electron chi connectivity index (χ4n) is 2.74. The van der Waals surface area contributed by atoms with Crippen LogP contribution in [0.2, 0.25) is 0 Å². The van der Waals surface area contributed by atoms with E-state index in [1.54, 1.807) is 11.0 Å². The minimum absolute atomic E-state index is 0.619. The number of para-hydroxylation sites is 1. The highest BCUT2D eigenvalue weighted by Crippen LogP contribution is 2.15. The quantitative estimate of drug-likeness (QED) is 0.777. The minimum Gasteiger partial charge on any atom is -0.363 e. The van der Waals surface area contributed by atoms with Gasteiger partial charge in [-0.1, -0.05) is 18.2 Å². The van der Waals surface area contributed by atoms with E-state index in [0.717, 1.165) is 36.1 Å². The van der Waals surface area contributed by atoms with Crippen LogP contribution in [0.1, 0.15) is 18.4 Å². The van der Waals surface area contributed by atoms with Crippen LogP contribution in [0.15, 0.2) is 48.9 Å². The molecule has 1 aliphatic heterocycles. The van der Waals surface area contributed by atoms with Gasteiger partial charge in [-0.05, 0) is 25.0 Å². The molecule has 0 amide bonds. The number of hydrogen-bond donors (Lipinski definition) is 1. The predicted molar refractivity (Wildman–Crippen MR) is 92.2 cm³/mol. The summed E-state index contributed by atoms with van der Waals surface area (Å²) in [6.45, 7) is 2.73. The van der Waals surface area contributed by atoms with E-state index in [-0.39, 0.29) is 0 Å². The van der Waals surface area contributed by atoms with Crippen molar-refractivity contribution in [2.45, 2.75) is 19.4 Å².